The van der Waals surface area contributed by atoms with E-state index in [1.807, 2.05) is 35.2 Å². The Morgan fingerprint density at radius 1 is 1.11 bits per heavy atom. The third kappa shape index (κ3) is 3.49. The van der Waals surface area contributed by atoms with Crippen molar-refractivity contribution >= 4 is 29.1 Å². The molecule has 2 aromatic rings. The van der Waals surface area contributed by atoms with Crippen LogP contribution in [0.1, 0.15) is 11.1 Å². The van der Waals surface area contributed by atoms with Crippen molar-refractivity contribution in [3.8, 4) is 0 Å². The molecule has 0 aliphatic carbocycles. The molecule has 0 radical (unpaired) electrons. The predicted octanol–water partition coefficient (Wildman–Crippen LogP) is 2.78. The van der Waals surface area contributed by atoms with Crippen molar-refractivity contribution in [1.29, 1.82) is 0 Å². The standard InChI is InChI=1S/C20H17N3O5/c24-20-16(19(21-28-20)15-4-2-1-3-5-15)12-14-6-7-17(18(13-14)23(25)26)22-8-10-27-11-9-22/h1-7,12-13H,8-11H2/b16-12-. The molecule has 4 rings (SSSR count). The summed E-state index contributed by atoms with van der Waals surface area (Å²) in [6.07, 6.45) is 1.57. The largest absolute Gasteiger partial charge is 0.378 e. The number of rotatable bonds is 4. The van der Waals surface area contributed by atoms with Crippen LogP contribution in [0.25, 0.3) is 6.08 Å². The van der Waals surface area contributed by atoms with Gasteiger partial charge >= 0.3 is 5.97 Å². The number of nitro benzene ring substituents is 1. The van der Waals surface area contributed by atoms with Gasteiger partial charge in [-0.25, -0.2) is 4.79 Å². The molecule has 2 aliphatic heterocycles. The zero-order valence-corrected chi connectivity index (χ0v) is 14.9. The maximum Gasteiger partial charge on any atom is 0.368 e. The van der Waals surface area contributed by atoms with Crippen molar-refractivity contribution < 1.29 is 19.3 Å². The van der Waals surface area contributed by atoms with E-state index >= 15 is 0 Å². The molecular formula is C20H17N3O5. The smallest absolute Gasteiger partial charge is 0.368 e. The molecule has 1 saturated heterocycles. The number of oxime groups is 1. The number of carbonyl (C=O) groups excluding carboxylic acids is 1. The number of ether oxygens (including phenoxy) is 1. The van der Waals surface area contributed by atoms with E-state index in [0.717, 1.165) is 5.56 Å². The maximum absolute atomic E-state index is 12.1. The Morgan fingerprint density at radius 3 is 2.57 bits per heavy atom. The topological polar surface area (TPSA) is 94.3 Å². The van der Waals surface area contributed by atoms with Crippen LogP contribution in [0.3, 0.4) is 0 Å². The average Bonchev–Trinajstić information content (AvgIpc) is 3.09. The fourth-order valence-corrected chi connectivity index (χ4v) is 3.23. The number of carbonyl (C=O) groups is 1. The summed E-state index contributed by atoms with van der Waals surface area (Å²) in [6, 6.07) is 14.1. The van der Waals surface area contributed by atoms with Crippen molar-refractivity contribution in [3.63, 3.8) is 0 Å². The number of morpholine rings is 1. The van der Waals surface area contributed by atoms with Gasteiger partial charge in [-0.3, -0.25) is 10.1 Å². The van der Waals surface area contributed by atoms with E-state index < -0.39 is 10.9 Å². The molecule has 28 heavy (non-hydrogen) atoms. The lowest BCUT2D eigenvalue weighted by molar-refractivity contribution is -0.384. The zero-order valence-electron chi connectivity index (χ0n) is 14.9. The molecule has 0 aromatic heterocycles. The summed E-state index contributed by atoms with van der Waals surface area (Å²) in [5, 5.41) is 15.5. The molecule has 2 aliphatic rings. The molecule has 8 nitrogen and oxygen atoms in total. The third-order valence-corrected chi connectivity index (χ3v) is 4.60. The summed E-state index contributed by atoms with van der Waals surface area (Å²) in [4.78, 5) is 30.1. The van der Waals surface area contributed by atoms with Gasteiger partial charge in [0.2, 0.25) is 0 Å². The average molecular weight is 379 g/mol. The molecule has 0 unspecified atom stereocenters. The van der Waals surface area contributed by atoms with Crippen LogP contribution < -0.4 is 4.90 Å². The highest BCUT2D eigenvalue weighted by Gasteiger charge is 2.27. The molecule has 0 spiro atoms. The number of nitrogens with zero attached hydrogens (tertiary/aromatic N) is 3. The highest BCUT2D eigenvalue weighted by Crippen LogP contribution is 2.31. The zero-order chi connectivity index (χ0) is 19.5. The van der Waals surface area contributed by atoms with Gasteiger partial charge < -0.3 is 14.5 Å². The second kappa shape index (κ2) is 7.61. The Hall–Kier alpha value is -3.52. The first-order chi connectivity index (χ1) is 13.6. The summed E-state index contributed by atoms with van der Waals surface area (Å²) in [6.45, 7) is 2.26. The van der Waals surface area contributed by atoms with Gasteiger partial charge in [0.05, 0.1) is 23.7 Å². The molecule has 1 fully saturated rings. The van der Waals surface area contributed by atoms with Crippen LogP contribution in [0.15, 0.2) is 59.3 Å². The molecule has 0 N–H and O–H groups in total. The monoisotopic (exact) mass is 379 g/mol. The highest BCUT2D eigenvalue weighted by atomic mass is 16.7. The lowest BCUT2D eigenvalue weighted by Gasteiger charge is -2.28. The first-order valence-corrected chi connectivity index (χ1v) is 8.81. The Morgan fingerprint density at radius 2 is 1.86 bits per heavy atom. The van der Waals surface area contributed by atoms with Crippen LogP contribution in [-0.2, 0) is 14.4 Å². The van der Waals surface area contributed by atoms with Gasteiger partial charge in [-0.1, -0.05) is 41.6 Å². The van der Waals surface area contributed by atoms with E-state index in [1.165, 1.54) is 6.07 Å². The maximum atomic E-state index is 12.1. The second-order valence-corrected chi connectivity index (χ2v) is 6.35. The first kappa shape index (κ1) is 17.9. The number of nitro groups is 1. The summed E-state index contributed by atoms with van der Waals surface area (Å²) in [5.74, 6) is -0.584. The van der Waals surface area contributed by atoms with Gasteiger partial charge in [0.1, 0.15) is 11.4 Å². The number of hydrogen-bond donors (Lipinski definition) is 0. The van der Waals surface area contributed by atoms with Gasteiger partial charge in [0, 0.05) is 24.7 Å². The lowest BCUT2D eigenvalue weighted by atomic mass is 10.0. The fourth-order valence-electron chi connectivity index (χ4n) is 3.23. The van der Waals surface area contributed by atoms with Crippen LogP contribution in [-0.4, -0.2) is 42.9 Å². The van der Waals surface area contributed by atoms with Gasteiger partial charge in [-0.15, -0.1) is 0 Å². The Labute approximate surface area is 160 Å². The van der Waals surface area contributed by atoms with Gasteiger partial charge in [-0.2, -0.15) is 0 Å². The first-order valence-electron chi connectivity index (χ1n) is 8.81. The van der Waals surface area contributed by atoms with Crippen molar-refractivity contribution in [3.05, 3.63) is 75.3 Å². The summed E-state index contributed by atoms with van der Waals surface area (Å²) < 4.78 is 5.31. The van der Waals surface area contributed by atoms with E-state index in [2.05, 4.69) is 5.16 Å². The normalized spacial score (nSPS) is 18.1. The van der Waals surface area contributed by atoms with E-state index in [1.54, 1.807) is 18.2 Å². The van der Waals surface area contributed by atoms with Crippen molar-refractivity contribution in [2.24, 2.45) is 5.16 Å². The van der Waals surface area contributed by atoms with Crippen molar-refractivity contribution in [1.82, 2.24) is 0 Å². The second-order valence-electron chi connectivity index (χ2n) is 6.35. The van der Waals surface area contributed by atoms with Crippen LogP contribution in [0, 0.1) is 10.1 Å². The minimum absolute atomic E-state index is 0.0131. The Balaban J connectivity index is 1.70. The number of hydrogen-bond acceptors (Lipinski definition) is 7. The molecule has 142 valence electrons. The summed E-state index contributed by atoms with van der Waals surface area (Å²) in [7, 11) is 0. The van der Waals surface area contributed by atoms with Gasteiger partial charge in [0.25, 0.3) is 5.69 Å². The summed E-state index contributed by atoms with van der Waals surface area (Å²) >= 11 is 0. The van der Waals surface area contributed by atoms with E-state index in [4.69, 9.17) is 9.57 Å². The van der Waals surface area contributed by atoms with E-state index in [9.17, 15) is 14.9 Å². The van der Waals surface area contributed by atoms with Crippen molar-refractivity contribution in [2.45, 2.75) is 0 Å². The predicted molar refractivity (Wildman–Crippen MR) is 103 cm³/mol. The third-order valence-electron chi connectivity index (χ3n) is 4.60. The molecule has 2 heterocycles. The van der Waals surface area contributed by atoms with Crippen LogP contribution in [0.5, 0.6) is 0 Å². The molecule has 0 bridgehead atoms. The summed E-state index contributed by atoms with van der Waals surface area (Å²) in [5.41, 5.74) is 2.47. The van der Waals surface area contributed by atoms with Crippen LogP contribution >= 0.6 is 0 Å². The fraction of sp³-hybridized carbons (Fsp3) is 0.200. The molecular weight excluding hydrogens is 362 g/mol. The highest BCUT2D eigenvalue weighted by molar-refractivity contribution is 6.31. The van der Waals surface area contributed by atoms with Crippen molar-refractivity contribution in [2.75, 3.05) is 31.2 Å². The quantitative estimate of drug-likeness (QED) is 0.351. The number of benzene rings is 2. The van der Waals surface area contributed by atoms with Crippen LogP contribution in [0.2, 0.25) is 0 Å². The van der Waals surface area contributed by atoms with E-state index in [-0.39, 0.29) is 11.3 Å². The SMILES string of the molecule is O=C1ON=C(c2ccccc2)/C1=C/c1ccc(N2CCOCC2)c([N+](=O)[O-])c1. The molecule has 0 amide bonds. The minimum atomic E-state index is -0.584. The van der Waals surface area contributed by atoms with Crippen LogP contribution in [0.4, 0.5) is 11.4 Å². The van der Waals surface area contributed by atoms with Gasteiger partial charge in [0.15, 0.2) is 0 Å². The van der Waals surface area contributed by atoms with Gasteiger partial charge in [-0.05, 0) is 17.7 Å². The molecule has 0 atom stereocenters. The minimum Gasteiger partial charge on any atom is -0.378 e. The Bertz CT molecular complexity index is 979. The molecule has 0 saturated carbocycles. The Kier molecular flexibility index (Phi) is 4.86. The molecule has 8 heteroatoms. The number of anilines is 1. The lowest BCUT2D eigenvalue weighted by Crippen LogP contribution is -2.36. The van der Waals surface area contributed by atoms with E-state index in [0.29, 0.717) is 43.3 Å². The molecule has 2 aromatic carbocycles.